The van der Waals surface area contributed by atoms with E-state index >= 15 is 0 Å². The molecule has 6 heteroatoms. The van der Waals surface area contributed by atoms with Gasteiger partial charge in [0, 0.05) is 18.0 Å². The second-order valence-electron chi connectivity index (χ2n) is 7.13. The van der Waals surface area contributed by atoms with Gasteiger partial charge >= 0.3 is 5.97 Å². The maximum atomic E-state index is 12.0. The molecule has 1 fully saturated rings. The molecule has 0 aromatic heterocycles. The van der Waals surface area contributed by atoms with E-state index in [0.717, 1.165) is 25.9 Å². The van der Waals surface area contributed by atoms with Crippen LogP contribution < -0.4 is 0 Å². The molecule has 6 nitrogen and oxygen atoms in total. The van der Waals surface area contributed by atoms with E-state index in [9.17, 15) is 4.79 Å². The van der Waals surface area contributed by atoms with Gasteiger partial charge in [0.15, 0.2) is 0 Å². The van der Waals surface area contributed by atoms with Gasteiger partial charge in [0.1, 0.15) is 5.60 Å². The van der Waals surface area contributed by atoms with Crippen LogP contribution in [0.4, 0.5) is 0 Å². The molecule has 0 N–H and O–H groups in total. The van der Waals surface area contributed by atoms with Crippen molar-refractivity contribution in [1.29, 1.82) is 0 Å². The van der Waals surface area contributed by atoms with Crippen LogP contribution in [0.1, 0.15) is 59.3 Å². The minimum Gasteiger partial charge on any atom is -0.459 e. The van der Waals surface area contributed by atoms with Crippen LogP contribution in [0.25, 0.3) is 10.4 Å². The fourth-order valence-corrected chi connectivity index (χ4v) is 2.91. The molecular formula is C16H30N4O2. The first-order valence-electron chi connectivity index (χ1n) is 8.36. The summed E-state index contributed by atoms with van der Waals surface area (Å²) in [6.07, 6.45) is 6.95. The molecule has 1 saturated carbocycles. The Bertz CT molecular complexity index is 380. The van der Waals surface area contributed by atoms with Gasteiger partial charge in [-0.2, -0.15) is 0 Å². The molecule has 0 aliphatic heterocycles. The molecule has 0 spiro atoms. The third-order valence-electron chi connectivity index (χ3n) is 3.81. The fraction of sp³-hybridized carbons (Fsp3) is 0.938. The fourth-order valence-electron chi connectivity index (χ4n) is 2.91. The lowest BCUT2D eigenvalue weighted by atomic mass is 10.1. The second-order valence-corrected chi connectivity index (χ2v) is 7.13. The van der Waals surface area contributed by atoms with Crippen LogP contribution in [0.3, 0.4) is 0 Å². The van der Waals surface area contributed by atoms with E-state index < -0.39 is 5.60 Å². The van der Waals surface area contributed by atoms with Crippen LogP contribution in [-0.2, 0) is 9.53 Å². The molecule has 126 valence electrons. The van der Waals surface area contributed by atoms with Crippen molar-refractivity contribution in [1.82, 2.24) is 4.90 Å². The third kappa shape index (κ3) is 8.90. The Labute approximate surface area is 133 Å². The normalized spacial score (nSPS) is 15.8. The van der Waals surface area contributed by atoms with Gasteiger partial charge in [0.2, 0.25) is 0 Å². The predicted octanol–water partition coefficient (Wildman–Crippen LogP) is 3.91. The van der Waals surface area contributed by atoms with Gasteiger partial charge in [-0.25, -0.2) is 0 Å². The molecule has 0 aromatic rings. The van der Waals surface area contributed by atoms with Crippen LogP contribution >= 0.6 is 0 Å². The zero-order valence-electron chi connectivity index (χ0n) is 14.3. The lowest BCUT2D eigenvalue weighted by Crippen LogP contribution is -2.37. The minimum absolute atomic E-state index is 0.152. The number of hydrogen-bond acceptors (Lipinski definition) is 4. The van der Waals surface area contributed by atoms with E-state index in [2.05, 4.69) is 14.9 Å². The molecule has 1 rings (SSSR count). The van der Waals surface area contributed by atoms with E-state index in [1.165, 1.54) is 25.7 Å². The number of carbonyl (C=O) groups is 1. The van der Waals surface area contributed by atoms with Crippen molar-refractivity contribution in [2.24, 2.45) is 11.0 Å². The van der Waals surface area contributed by atoms with E-state index in [-0.39, 0.29) is 5.97 Å². The Morgan fingerprint density at radius 3 is 2.59 bits per heavy atom. The highest BCUT2D eigenvalue weighted by Gasteiger charge is 2.22. The van der Waals surface area contributed by atoms with Crippen molar-refractivity contribution in [2.45, 2.75) is 64.9 Å². The summed E-state index contributed by atoms with van der Waals surface area (Å²) in [7, 11) is 0. The number of nitrogens with zero attached hydrogens (tertiary/aromatic N) is 4. The monoisotopic (exact) mass is 310 g/mol. The Morgan fingerprint density at radius 2 is 2.00 bits per heavy atom. The van der Waals surface area contributed by atoms with Gasteiger partial charge in [-0.15, -0.1) is 0 Å². The number of hydrogen-bond donors (Lipinski definition) is 0. The molecular weight excluding hydrogens is 280 g/mol. The third-order valence-corrected chi connectivity index (χ3v) is 3.81. The number of esters is 1. The van der Waals surface area contributed by atoms with Gasteiger partial charge in [-0.05, 0) is 64.4 Å². The summed E-state index contributed by atoms with van der Waals surface area (Å²) >= 11 is 0. The van der Waals surface area contributed by atoms with Gasteiger partial charge < -0.3 is 4.74 Å². The predicted molar refractivity (Wildman–Crippen MR) is 87.5 cm³/mol. The number of ether oxygens (including phenoxy) is 1. The Hall–Kier alpha value is -1.26. The van der Waals surface area contributed by atoms with Gasteiger partial charge in [-0.1, -0.05) is 18.0 Å². The molecule has 0 aromatic carbocycles. The van der Waals surface area contributed by atoms with Crippen molar-refractivity contribution in [3.8, 4) is 0 Å². The van der Waals surface area contributed by atoms with Crippen LogP contribution in [0, 0.1) is 5.92 Å². The van der Waals surface area contributed by atoms with Crippen LogP contribution in [0.5, 0.6) is 0 Å². The molecule has 0 unspecified atom stereocenters. The van der Waals surface area contributed by atoms with Crippen molar-refractivity contribution in [3.05, 3.63) is 10.4 Å². The average Bonchev–Trinajstić information content (AvgIpc) is 2.88. The number of rotatable bonds is 9. The molecule has 1 aliphatic rings. The summed E-state index contributed by atoms with van der Waals surface area (Å²) in [5.41, 5.74) is 7.85. The quantitative estimate of drug-likeness (QED) is 0.213. The van der Waals surface area contributed by atoms with Crippen LogP contribution in [0.15, 0.2) is 5.11 Å². The van der Waals surface area contributed by atoms with E-state index in [0.29, 0.717) is 19.0 Å². The molecule has 1 aliphatic carbocycles. The highest BCUT2D eigenvalue weighted by Crippen LogP contribution is 2.25. The number of carbonyl (C=O) groups excluding carboxylic acids is 1. The molecule has 0 amide bonds. The maximum absolute atomic E-state index is 12.0. The lowest BCUT2D eigenvalue weighted by molar-refractivity contribution is -0.156. The zero-order valence-corrected chi connectivity index (χ0v) is 14.3. The van der Waals surface area contributed by atoms with Crippen molar-refractivity contribution in [2.75, 3.05) is 26.2 Å². The summed E-state index contributed by atoms with van der Waals surface area (Å²) in [5.74, 6) is 0.556. The Balaban J connectivity index is 2.41. The van der Waals surface area contributed by atoms with E-state index in [4.69, 9.17) is 10.3 Å². The summed E-state index contributed by atoms with van der Waals surface area (Å²) < 4.78 is 5.43. The molecule has 0 saturated heterocycles. The van der Waals surface area contributed by atoms with E-state index in [1.807, 2.05) is 20.8 Å². The minimum atomic E-state index is -0.433. The van der Waals surface area contributed by atoms with Crippen molar-refractivity contribution >= 4 is 5.97 Å². The topological polar surface area (TPSA) is 78.3 Å². The molecule has 0 heterocycles. The summed E-state index contributed by atoms with van der Waals surface area (Å²) in [5, 5.41) is 3.55. The summed E-state index contributed by atoms with van der Waals surface area (Å²) in [6, 6.07) is 0. The smallest absolute Gasteiger partial charge is 0.320 e. The number of azide groups is 1. The molecule has 22 heavy (non-hydrogen) atoms. The highest BCUT2D eigenvalue weighted by molar-refractivity contribution is 5.72. The summed E-state index contributed by atoms with van der Waals surface area (Å²) in [6.45, 7) is 8.40. The lowest BCUT2D eigenvalue weighted by Gasteiger charge is -2.27. The van der Waals surface area contributed by atoms with Gasteiger partial charge in [-0.3, -0.25) is 9.69 Å². The molecule has 0 radical (unpaired) electrons. The summed E-state index contributed by atoms with van der Waals surface area (Å²) in [4.78, 5) is 17.0. The van der Waals surface area contributed by atoms with Crippen LogP contribution in [0.2, 0.25) is 0 Å². The highest BCUT2D eigenvalue weighted by atomic mass is 16.6. The largest absolute Gasteiger partial charge is 0.459 e. The first-order chi connectivity index (χ1) is 10.4. The first kappa shape index (κ1) is 18.8. The average molecular weight is 310 g/mol. The molecule has 0 atom stereocenters. The van der Waals surface area contributed by atoms with E-state index in [1.54, 1.807) is 0 Å². The Kier molecular flexibility index (Phi) is 8.28. The zero-order chi connectivity index (χ0) is 16.4. The second kappa shape index (κ2) is 9.70. The SMILES string of the molecule is CC(C)(C)OC(=O)CN(CCCCN=[N+]=[N-])CC1CCCC1. The first-order valence-corrected chi connectivity index (χ1v) is 8.36. The number of unbranched alkanes of at least 4 members (excludes halogenated alkanes) is 1. The van der Waals surface area contributed by atoms with Crippen LogP contribution in [-0.4, -0.2) is 42.6 Å². The maximum Gasteiger partial charge on any atom is 0.320 e. The van der Waals surface area contributed by atoms with Crippen molar-refractivity contribution < 1.29 is 9.53 Å². The Morgan fingerprint density at radius 1 is 1.32 bits per heavy atom. The van der Waals surface area contributed by atoms with Gasteiger partial charge in [0.05, 0.1) is 6.54 Å². The van der Waals surface area contributed by atoms with Gasteiger partial charge in [0.25, 0.3) is 0 Å². The van der Waals surface area contributed by atoms with Crippen molar-refractivity contribution in [3.63, 3.8) is 0 Å². The standard InChI is InChI=1S/C16H30N4O2/c1-16(2,3)22-15(21)13-20(11-7-6-10-18-19-17)12-14-8-4-5-9-14/h14H,4-13H2,1-3H3. The molecule has 0 bridgehead atoms.